The number of aromatic nitrogens is 3. The highest BCUT2D eigenvalue weighted by Gasteiger charge is 2.39. The van der Waals surface area contributed by atoms with Gasteiger partial charge in [-0.3, -0.25) is 4.79 Å². The number of benzene rings is 1. The summed E-state index contributed by atoms with van der Waals surface area (Å²) in [6.45, 7) is 5.61. The van der Waals surface area contributed by atoms with Gasteiger partial charge in [-0.15, -0.1) is 0 Å². The summed E-state index contributed by atoms with van der Waals surface area (Å²) >= 11 is 0. The molecule has 2 aromatic heterocycles. The van der Waals surface area contributed by atoms with Crippen molar-refractivity contribution in [2.75, 3.05) is 25.1 Å². The Labute approximate surface area is 224 Å². The van der Waals surface area contributed by atoms with Crippen molar-refractivity contribution in [1.29, 1.82) is 5.26 Å². The number of ether oxygens (including phenoxy) is 2. The van der Waals surface area contributed by atoms with E-state index in [-0.39, 0.29) is 46.4 Å². The van der Waals surface area contributed by atoms with Gasteiger partial charge in [0.1, 0.15) is 17.5 Å². The van der Waals surface area contributed by atoms with Crippen LogP contribution in [0.25, 0.3) is 16.9 Å². The van der Waals surface area contributed by atoms with Gasteiger partial charge in [-0.25, -0.2) is 23.8 Å². The van der Waals surface area contributed by atoms with Crippen molar-refractivity contribution in [3.8, 4) is 23.0 Å². The number of nitriles is 1. The number of β-amino-alcohol motifs (C(OH)–C–C–N with tert-alkyl or cyclic N) is 1. The lowest BCUT2D eigenvalue weighted by Gasteiger charge is -2.23. The second-order valence-electron chi connectivity index (χ2n) is 10.4. The molecule has 0 aliphatic carbocycles. The molecule has 1 saturated heterocycles. The van der Waals surface area contributed by atoms with Crippen LogP contribution in [0.4, 0.5) is 15.0 Å². The van der Waals surface area contributed by atoms with Crippen LogP contribution < -0.4 is 4.90 Å². The van der Waals surface area contributed by atoms with E-state index in [1.165, 1.54) is 36.1 Å². The molecule has 2 amide bonds. The Kier molecular flexibility index (Phi) is 6.57. The number of hydrogen-bond donors (Lipinski definition) is 1. The molecule has 202 valence electrons. The molecule has 12 heteroatoms. The van der Waals surface area contributed by atoms with Gasteiger partial charge in [-0.05, 0) is 39.0 Å². The second-order valence-corrected chi connectivity index (χ2v) is 10.4. The van der Waals surface area contributed by atoms with E-state index in [0.717, 1.165) is 4.90 Å². The van der Waals surface area contributed by atoms with Gasteiger partial charge >= 0.3 is 6.09 Å². The first kappa shape index (κ1) is 26.3. The highest BCUT2D eigenvalue weighted by Crippen LogP contribution is 2.34. The molecule has 1 fully saturated rings. The third-order valence-electron chi connectivity index (χ3n) is 6.53. The number of methoxy groups -OCH3 is 1. The molecule has 0 bridgehead atoms. The van der Waals surface area contributed by atoms with Gasteiger partial charge in [0.2, 0.25) is 0 Å². The molecule has 1 aromatic carbocycles. The molecule has 11 nitrogen and oxygen atoms in total. The lowest BCUT2D eigenvalue weighted by molar-refractivity contribution is 0.0217. The third kappa shape index (κ3) is 4.82. The van der Waals surface area contributed by atoms with Crippen molar-refractivity contribution in [2.45, 2.75) is 45.1 Å². The molecule has 2 aliphatic heterocycles. The van der Waals surface area contributed by atoms with E-state index >= 15 is 0 Å². The van der Waals surface area contributed by atoms with Crippen molar-refractivity contribution in [3.63, 3.8) is 0 Å². The summed E-state index contributed by atoms with van der Waals surface area (Å²) in [5.41, 5.74) is -0.0777. The maximum Gasteiger partial charge on any atom is 0.417 e. The molecule has 4 heterocycles. The van der Waals surface area contributed by atoms with Gasteiger partial charge < -0.3 is 19.5 Å². The first-order valence-electron chi connectivity index (χ1n) is 12.3. The molecule has 0 spiro atoms. The topological polar surface area (TPSA) is 134 Å². The molecular formula is C27H27FN6O5. The standard InChI is InChI=1S/C27H27FN6O5/c1-27(2,3)39-26(37)33-12-18-24(25(33)36)19(10-17(30-18)23-15(11-29)6-5-7-16(23)28)34-9-8-22(31-34)32-13-20(35)21(14-32)38-4/h5-10,20-21,35H,12-14H2,1-4H3/t20-,21?/m1/s1. The van der Waals surface area contributed by atoms with Gasteiger partial charge in [0, 0.05) is 32.5 Å². The largest absolute Gasteiger partial charge is 0.443 e. The number of carbonyl (C=O) groups is 2. The maximum absolute atomic E-state index is 15.0. The maximum atomic E-state index is 15.0. The average Bonchev–Trinajstić information content (AvgIpc) is 3.59. The minimum Gasteiger partial charge on any atom is -0.443 e. The number of nitrogens with zero attached hydrogens (tertiary/aromatic N) is 6. The average molecular weight is 535 g/mol. The number of rotatable bonds is 4. The number of aliphatic hydroxyl groups is 1. The minimum atomic E-state index is -0.834. The van der Waals surface area contributed by atoms with Gasteiger partial charge in [0.25, 0.3) is 5.91 Å². The second kappa shape index (κ2) is 9.76. The number of pyridine rings is 1. The van der Waals surface area contributed by atoms with E-state index in [2.05, 4.69) is 10.1 Å². The lowest BCUT2D eigenvalue weighted by Crippen LogP contribution is -2.37. The summed E-state index contributed by atoms with van der Waals surface area (Å²) < 4.78 is 27.2. The summed E-state index contributed by atoms with van der Waals surface area (Å²) in [5, 5.41) is 24.5. The third-order valence-corrected chi connectivity index (χ3v) is 6.53. The lowest BCUT2D eigenvalue weighted by atomic mass is 10.0. The number of fused-ring (bicyclic) bond motifs is 1. The monoisotopic (exact) mass is 534 g/mol. The molecule has 2 atom stereocenters. The molecule has 39 heavy (non-hydrogen) atoms. The Bertz CT molecular complexity index is 1510. The summed E-state index contributed by atoms with van der Waals surface area (Å²) in [6.07, 6.45) is -0.274. The number of anilines is 1. The number of hydrogen-bond acceptors (Lipinski definition) is 9. The first-order valence-corrected chi connectivity index (χ1v) is 12.3. The van der Waals surface area contributed by atoms with Crippen LogP contribution in [0.2, 0.25) is 0 Å². The highest BCUT2D eigenvalue weighted by atomic mass is 19.1. The normalized spacial score (nSPS) is 18.8. The summed E-state index contributed by atoms with van der Waals surface area (Å²) in [6, 6.07) is 9.29. The fourth-order valence-corrected chi connectivity index (χ4v) is 4.73. The van der Waals surface area contributed by atoms with Gasteiger partial charge in [0.15, 0.2) is 5.82 Å². The van der Waals surface area contributed by atoms with Crippen molar-refractivity contribution >= 4 is 17.8 Å². The van der Waals surface area contributed by atoms with Gasteiger partial charge in [-0.2, -0.15) is 10.4 Å². The van der Waals surface area contributed by atoms with E-state index in [1.54, 1.807) is 33.0 Å². The van der Waals surface area contributed by atoms with E-state index in [0.29, 0.717) is 18.9 Å². The van der Waals surface area contributed by atoms with Crippen LogP contribution in [-0.4, -0.2) is 74.8 Å². The fraction of sp³-hybridized carbons (Fsp3) is 0.370. The molecule has 3 aromatic rings. The summed E-state index contributed by atoms with van der Waals surface area (Å²) in [7, 11) is 1.53. The van der Waals surface area contributed by atoms with Crippen molar-refractivity contribution in [1.82, 2.24) is 19.7 Å². The Morgan fingerprint density at radius 1 is 1.23 bits per heavy atom. The number of carbonyl (C=O) groups excluding carboxylic acids is 2. The zero-order valence-corrected chi connectivity index (χ0v) is 21.9. The van der Waals surface area contributed by atoms with Crippen LogP contribution in [0.1, 0.15) is 42.4 Å². The number of halogens is 1. The van der Waals surface area contributed by atoms with Crippen LogP contribution in [-0.2, 0) is 16.0 Å². The molecule has 0 saturated carbocycles. The van der Waals surface area contributed by atoms with Crippen molar-refractivity contribution in [3.05, 3.63) is 59.2 Å². The van der Waals surface area contributed by atoms with E-state index < -0.39 is 29.5 Å². The smallest absolute Gasteiger partial charge is 0.417 e. The predicted octanol–water partition coefficient (Wildman–Crippen LogP) is 3.03. The minimum absolute atomic E-state index is 0.0230. The van der Waals surface area contributed by atoms with E-state index in [1.807, 2.05) is 11.0 Å². The first-order chi connectivity index (χ1) is 18.5. The Hall–Kier alpha value is -4.34. The van der Waals surface area contributed by atoms with Gasteiger partial charge in [0.05, 0.1) is 52.5 Å². The quantitative estimate of drug-likeness (QED) is 0.536. The van der Waals surface area contributed by atoms with E-state index in [9.17, 15) is 24.3 Å². The van der Waals surface area contributed by atoms with Gasteiger partial charge in [-0.1, -0.05) is 6.07 Å². The van der Waals surface area contributed by atoms with Crippen LogP contribution in [0, 0.1) is 17.1 Å². The Balaban J connectivity index is 1.62. The molecular weight excluding hydrogens is 507 g/mol. The van der Waals surface area contributed by atoms with Crippen LogP contribution in [0.15, 0.2) is 36.5 Å². The Morgan fingerprint density at radius 3 is 2.67 bits per heavy atom. The summed E-state index contributed by atoms with van der Waals surface area (Å²) in [4.78, 5) is 33.6. The highest BCUT2D eigenvalue weighted by molar-refractivity contribution is 6.08. The molecule has 0 radical (unpaired) electrons. The van der Waals surface area contributed by atoms with Crippen LogP contribution in [0.3, 0.4) is 0 Å². The van der Waals surface area contributed by atoms with Crippen molar-refractivity contribution < 1.29 is 28.6 Å². The van der Waals surface area contributed by atoms with Crippen LogP contribution in [0.5, 0.6) is 0 Å². The zero-order valence-electron chi connectivity index (χ0n) is 21.9. The molecule has 5 rings (SSSR count). The number of imide groups is 1. The SMILES string of the molecule is COC1CN(c2ccn(-c3cc(-c4c(F)cccc4C#N)nc4c3C(=O)N(C(=O)OC(C)(C)C)C4)n2)C[C@H]1O. The number of amides is 2. The summed E-state index contributed by atoms with van der Waals surface area (Å²) in [5.74, 6) is -0.757. The van der Waals surface area contributed by atoms with Crippen LogP contribution >= 0.6 is 0 Å². The zero-order chi connectivity index (χ0) is 28.1. The number of aliphatic hydroxyl groups excluding tert-OH is 1. The molecule has 1 unspecified atom stereocenters. The molecule has 1 N–H and O–H groups in total. The Morgan fingerprint density at radius 2 is 2.00 bits per heavy atom. The fourth-order valence-electron chi connectivity index (χ4n) is 4.73. The van der Waals surface area contributed by atoms with Crippen molar-refractivity contribution in [2.24, 2.45) is 0 Å². The predicted molar refractivity (Wildman–Crippen MR) is 137 cm³/mol. The van der Waals surface area contributed by atoms with E-state index in [4.69, 9.17) is 9.47 Å². The molecule has 2 aliphatic rings.